The van der Waals surface area contributed by atoms with Gasteiger partial charge in [0.1, 0.15) is 0 Å². The lowest BCUT2D eigenvalue weighted by atomic mass is 10.3. The number of hydrogen-bond acceptors (Lipinski definition) is 6. The van der Waals surface area contributed by atoms with Gasteiger partial charge in [-0.05, 0) is 12.8 Å². The Bertz CT molecular complexity index is 345. The van der Waals surface area contributed by atoms with Gasteiger partial charge in [0.15, 0.2) is 11.9 Å². The Morgan fingerprint density at radius 3 is 3.00 bits per heavy atom. The molecular formula is C10H15N3O3. The summed E-state index contributed by atoms with van der Waals surface area (Å²) in [6, 6.07) is 0.649. The van der Waals surface area contributed by atoms with E-state index in [1.165, 1.54) is 12.8 Å². The molecule has 0 spiro atoms. The molecule has 2 heterocycles. The van der Waals surface area contributed by atoms with Crippen LogP contribution in [0.25, 0.3) is 0 Å². The van der Waals surface area contributed by atoms with Gasteiger partial charge in [0.25, 0.3) is 5.89 Å². The molecule has 1 aliphatic heterocycles. The lowest BCUT2D eigenvalue weighted by molar-refractivity contribution is -0.101. The maximum absolute atomic E-state index is 5.47. The smallest absolute Gasteiger partial charge is 0.258 e. The van der Waals surface area contributed by atoms with Gasteiger partial charge in [-0.15, -0.1) is 0 Å². The van der Waals surface area contributed by atoms with Crippen LogP contribution in [0.15, 0.2) is 4.52 Å². The molecule has 6 heteroatoms. The Kier molecular flexibility index (Phi) is 2.86. The van der Waals surface area contributed by atoms with Gasteiger partial charge in [-0.1, -0.05) is 5.16 Å². The molecule has 16 heavy (non-hydrogen) atoms. The molecule has 1 atom stereocenters. The zero-order valence-corrected chi connectivity index (χ0v) is 9.02. The summed E-state index contributed by atoms with van der Waals surface area (Å²) < 4.78 is 15.9. The van der Waals surface area contributed by atoms with Gasteiger partial charge < -0.3 is 19.3 Å². The Hall–Kier alpha value is -0.980. The molecule has 1 aliphatic carbocycles. The van der Waals surface area contributed by atoms with Crippen molar-refractivity contribution < 1.29 is 14.0 Å². The average molecular weight is 225 g/mol. The molecule has 0 radical (unpaired) electrons. The molecule has 0 bridgehead atoms. The van der Waals surface area contributed by atoms with Crippen LogP contribution in [0.4, 0.5) is 0 Å². The maximum atomic E-state index is 5.47. The number of aromatic nitrogens is 2. The third-order valence-corrected chi connectivity index (χ3v) is 2.70. The summed E-state index contributed by atoms with van der Waals surface area (Å²) in [7, 11) is 0. The first kappa shape index (κ1) is 10.2. The zero-order valence-electron chi connectivity index (χ0n) is 9.02. The van der Waals surface area contributed by atoms with Gasteiger partial charge in [-0.3, -0.25) is 0 Å². The number of ether oxygens (including phenoxy) is 2. The normalized spacial score (nSPS) is 25.9. The highest BCUT2D eigenvalue weighted by atomic mass is 16.6. The molecule has 1 saturated carbocycles. The van der Waals surface area contributed by atoms with E-state index in [0.717, 1.165) is 0 Å². The molecule has 2 fully saturated rings. The van der Waals surface area contributed by atoms with E-state index in [9.17, 15) is 0 Å². The minimum atomic E-state index is -0.198. The van der Waals surface area contributed by atoms with Crippen molar-refractivity contribution in [3.63, 3.8) is 0 Å². The van der Waals surface area contributed by atoms with Crippen LogP contribution in [-0.4, -0.2) is 36.0 Å². The van der Waals surface area contributed by atoms with Gasteiger partial charge in [0.05, 0.1) is 26.4 Å². The Morgan fingerprint density at radius 1 is 1.31 bits per heavy atom. The lowest BCUT2D eigenvalue weighted by Gasteiger charge is -2.19. The summed E-state index contributed by atoms with van der Waals surface area (Å²) in [6.45, 7) is 2.39. The number of nitrogens with zero attached hydrogens (tertiary/aromatic N) is 2. The highest BCUT2D eigenvalue weighted by molar-refractivity contribution is 4.92. The first-order chi connectivity index (χ1) is 7.92. The first-order valence-electron chi connectivity index (χ1n) is 5.67. The maximum Gasteiger partial charge on any atom is 0.258 e. The van der Waals surface area contributed by atoms with E-state index in [0.29, 0.717) is 44.1 Å². The molecule has 6 nitrogen and oxygen atoms in total. The van der Waals surface area contributed by atoms with E-state index in [-0.39, 0.29) is 6.10 Å². The minimum absolute atomic E-state index is 0.198. The Morgan fingerprint density at radius 2 is 2.25 bits per heavy atom. The van der Waals surface area contributed by atoms with E-state index in [4.69, 9.17) is 14.0 Å². The van der Waals surface area contributed by atoms with E-state index >= 15 is 0 Å². The van der Waals surface area contributed by atoms with Crippen molar-refractivity contribution in [1.29, 1.82) is 0 Å². The molecule has 1 unspecified atom stereocenters. The lowest BCUT2D eigenvalue weighted by Crippen LogP contribution is -2.22. The largest absolute Gasteiger partial charge is 0.376 e. The zero-order chi connectivity index (χ0) is 10.8. The van der Waals surface area contributed by atoms with Crippen LogP contribution >= 0.6 is 0 Å². The fourth-order valence-electron chi connectivity index (χ4n) is 1.62. The van der Waals surface area contributed by atoms with Crippen LogP contribution in [0, 0.1) is 0 Å². The standard InChI is InChI=1S/C10H15N3O3/c1-2-7(1)11-5-9-12-10(16-13-9)8-6-14-3-4-15-8/h7-8,11H,1-6H2. The van der Waals surface area contributed by atoms with Gasteiger partial charge >= 0.3 is 0 Å². The van der Waals surface area contributed by atoms with E-state index < -0.39 is 0 Å². The number of hydrogen-bond donors (Lipinski definition) is 1. The van der Waals surface area contributed by atoms with E-state index in [1.807, 2.05) is 0 Å². The highest BCUT2D eigenvalue weighted by Gasteiger charge is 2.24. The minimum Gasteiger partial charge on any atom is -0.376 e. The predicted octanol–water partition coefficient (Wildman–Crippen LogP) is 0.409. The second-order valence-electron chi connectivity index (χ2n) is 4.14. The van der Waals surface area contributed by atoms with Gasteiger partial charge in [0.2, 0.25) is 0 Å². The Balaban J connectivity index is 1.57. The van der Waals surface area contributed by atoms with Crippen LogP contribution in [0.2, 0.25) is 0 Å². The molecule has 1 saturated heterocycles. The first-order valence-corrected chi connectivity index (χ1v) is 5.67. The summed E-state index contributed by atoms with van der Waals surface area (Å²) in [5, 5.41) is 7.24. The fraction of sp³-hybridized carbons (Fsp3) is 0.800. The van der Waals surface area contributed by atoms with Crippen LogP contribution in [0.3, 0.4) is 0 Å². The fourth-order valence-corrected chi connectivity index (χ4v) is 1.62. The third kappa shape index (κ3) is 2.40. The van der Waals surface area contributed by atoms with Gasteiger partial charge in [-0.25, -0.2) is 0 Å². The summed E-state index contributed by atoms with van der Waals surface area (Å²) >= 11 is 0. The van der Waals surface area contributed by atoms with Crippen LogP contribution < -0.4 is 5.32 Å². The van der Waals surface area contributed by atoms with Crippen molar-refractivity contribution >= 4 is 0 Å². The monoisotopic (exact) mass is 225 g/mol. The molecule has 1 aromatic heterocycles. The molecule has 3 rings (SSSR count). The van der Waals surface area contributed by atoms with Crippen LogP contribution in [-0.2, 0) is 16.0 Å². The second-order valence-corrected chi connectivity index (χ2v) is 4.14. The van der Waals surface area contributed by atoms with E-state index in [2.05, 4.69) is 15.5 Å². The second kappa shape index (κ2) is 4.48. The van der Waals surface area contributed by atoms with Gasteiger partial charge in [-0.2, -0.15) is 4.98 Å². The van der Waals surface area contributed by atoms with E-state index in [1.54, 1.807) is 0 Å². The number of rotatable bonds is 4. The topological polar surface area (TPSA) is 69.4 Å². The molecular weight excluding hydrogens is 210 g/mol. The Labute approximate surface area is 93.3 Å². The van der Waals surface area contributed by atoms with Crippen LogP contribution in [0.5, 0.6) is 0 Å². The van der Waals surface area contributed by atoms with Crippen molar-refractivity contribution in [2.75, 3.05) is 19.8 Å². The van der Waals surface area contributed by atoms with Crippen molar-refractivity contribution in [1.82, 2.24) is 15.5 Å². The molecule has 1 aromatic rings. The highest BCUT2D eigenvalue weighted by Crippen LogP contribution is 2.20. The third-order valence-electron chi connectivity index (χ3n) is 2.70. The summed E-state index contributed by atoms with van der Waals surface area (Å²) in [5.41, 5.74) is 0. The molecule has 0 aromatic carbocycles. The van der Waals surface area contributed by atoms with Crippen molar-refractivity contribution in [2.24, 2.45) is 0 Å². The summed E-state index contributed by atoms with van der Waals surface area (Å²) in [4.78, 5) is 4.29. The van der Waals surface area contributed by atoms with Crippen LogP contribution in [0.1, 0.15) is 30.7 Å². The SMILES string of the molecule is C1COC(c2nc(CNC3CC3)no2)CO1. The van der Waals surface area contributed by atoms with Crippen molar-refractivity contribution in [2.45, 2.75) is 31.5 Å². The van der Waals surface area contributed by atoms with Crippen molar-refractivity contribution in [3.8, 4) is 0 Å². The number of nitrogens with one attached hydrogen (secondary N) is 1. The van der Waals surface area contributed by atoms with Crippen molar-refractivity contribution in [3.05, 3.63) is 11.7 Å². The predicted molar refractivity (Wildman–Crippen MR) is 53.7 cm³/mol. The molecule has 1 N–H and O–H groups in total. The summed E-state index contributed by atoms with van der Waals surface area (Å²) in [5.74, 6) is 1.21. The molecule has 0 amide bonds. The average Bonchev–Trinajstić information content (AvgIpc) is 3.05. The quantitative estimate of drug-likeness (QED) is 0.800. The van der Waals surface area contributed by atoms with Gasteiger partial charge in [0, 0.05) is 6.04 Å². The molecule has 88 valence electrons. The molecule has 2 aliphatic rings. The summed E-state index contributed by atoms with van der Waals surface area (Å²) in [6.07, 6.45) is 2.31.